The summed E-state index contributed by atoms with van der Waals surface area (Å²) in [5.74, 6) is -7.23. The standard InChI is InChI=1S/C31H32N4O.2C2H2O4/c36-29(33-30-25-14-7-8-16-27(25)32-28-17-9-15-26(28)30)22-34-18-20-35(21-19-34)31(23-10-3-1-4-11-23)24-12-5-2-6-13-24;2*3-1(4)2(5)6/h1-8,10-14,16,31H,9,15,17-22H2,(H,32,33,36);2*(H,3,4)(H,5,6). The van der Waals surface area contributed by atoms with Gasteiger partial charge in [-0.2, -0.15) is 0 Å². The number of fused-ring (bicyclic) bond motifs is 2. The predicted molar refractivity (Wildman–Crippen MR) is 176 cm³/mol. The number of piperazine rings is 1. The largest absolute Gasteiger partial charge is 0.473 e. The number of hydrogen-bond donors (Lipinski definition) is 5. The number of pyridine rings is 1. The third-order valence-corrected chi connectivity index (χ3v) is 7.92. The molecule has 1 fully saturated rings. The maximum absolute atomic E-state index is 13.2. The molecule has 1 saturated heterocycles. The zero-order valence-electron chi connectivity index (χ0n) is 26.0. The highest BCUT2D eigenvalue weighted by atomic mass is 16.4. The molecule has 250 valence electrons. The van der Waals surface area contributed by atoms with Crippen molar-refractivity contribution in [3.63, 3.8) is 0 Å². The summed E-state index contributed by atoms with van der Waals surface area (Å²) in [6.07, 6.45) is 3.09. The summed E-state index contributed by atoms with van der Waals surface area (Å²) in [7, 11) is 0. The molecule has 13 nitrogen and oxygen atoms in total. The van der Waals surface area contributed by atoms with Crippen LogP contribution in [0.1, 0.15) is 34.8 Å². The Morgan fingerprint density at radius 3 is 1.69 bits per heavy atom. The van der Waals surface area contributed by atoms with Crippen molar-refractivity contribution in [3.8, 4) is 0 Å². The zero-order valence-corrected chi connectivity index (χ0v) is 26.0. The van der Waals surface area contributed by atoms with Crippen molar-refractivity contribution < 1.29 is 44.4 Å². The number of aliphatic carboxylic acids is 4. The van der Waals surface area contributed by atoms with E-state index in [1.54, 1.807) is 0 Å². The number of aryl methyl sites for hydroxylation is 1. The second kappa shape index (κ2) is 16.8. The summed E-state index contributed by atoms with van der Waals surface area (Å²) in [6, 6.07) is 29.9. The zero-order chi connectivity index (χ0) is 34.6. The molecule has 0 radical (unpaired) electrons. The fourth-order valence-corrected chi connectivity index (χ4v) is 5.80. The van der Waals surface area contributed by atoms with E-state index in [2.05, 4.69) is 81.8 Å². The van der Waals surface area contributed by atoms with E-state index in [1.807, 2.05) is 18.2 Å². The molecule has 1 aromatic heterocycles. The number of amides is 1. The quantitative estimate of drug-likeness (QED) is 0.190. The smallest absolute Gasteiger partial charge is 0.414 e. The second-order valence-electron chi connectivity index (χ2n) is 11.1. The number of rotatable bonds is 6. The van der Waals surface area contributed by atoms with Crippen LogP contribution in [-0.4, -0.2) is 97.7 Å². The van der Waals surface area contributed by atoms with Crippen LogP contribution in [0.25, 0.3) is 10.9 Å². The molecule has 6 rings (SSSR count). The first-order valence-electron chi connectivity index (χ1n) is 15.2. The van der Waals surface area contributed by atoms with Crippen molar-refractivity contribution >= 4 is 46.4 Å². The van der Waals surface area contributed by atoms with Gasteiger partial charge in [0.2, 0.25) is 5.91 Å². The van der Waals surface area contributed by atoms with Crippen LogP contribution in [0.5, 0.6) is 0 Å². The molecule has 0 bridgehead atoms. The molecule has 1 amide bonds. The third-order valence-electron chi connectivity index (χ3n) is 7.92. The topological polar surface area (TPSA) is 198 Å². The summed E-state index contributed by atoms with van der Waals surface area (Å²) >= 11 is 0. The maximum Gasteiger partial charge on any atom is 0.414 e. The van der Waals surface area contributed by atoms with Gasteiger partial charge in [0.25, 0.3) is 0 Å². The third kappa shape index (κ3) is 9.44. The van der Waals surface area contributed by atoms with Crippen LogP contribution < -0.4 is 5.32 Å². The Balaban J connectivity index is 0.000000373. The van der Waals surface area contributed by atoms with Gasteiger partial charge in [-0.15, -0.1) is 0 Å². The van der Waals surface area contributed by atoms with E-state index in [1.165, 1.54) is 16.7 Å². The highest BCUT2D eigenvalue weighted by Crippen LogP contribution is 2.34. The van der Waals surface area contributed by atoms with Gasteiger partial charge in [-0.3, -0.25) is 19.6 Å². The predicted octanol–water partition coefficient (Wildman–Crippen LogP) is 3.38. The average Bonchev–Trinajstić information content (AvgIpc) is 3.56. The van der Waals surface area contributed by atoms with Crippen molar-refractivity contribution in [2.24, 2.45) is 0 Å². The summed E-state index contributed by atoms with van der Waals surface area (Å²) in [4.78, 5) is 59.3. The highest BCUT2D eigenvalue weighted by molar-refractivity contribution is 6.27. The lowest BCUT2D eigenvalue weighted by molar-refractivity contribution is -0.159. The van der Waals surface area contributed by atoms with Gasteiger partial charge in [0.15, 0.2) is 0 Å². The number of hydrogen-bond acceptors (Lipinski definition) is 8. The molecule has 0 spiro atoms. The molecule has 2 heterocycles. The molecular weight excluding hydrogens is 620 g/mol. The van der Waals surface area contributed by atoms with Gasteiger partial charge in [0, 0.05) is 37.3 Å². The van der Waals surface area contributed by atoms with Crippen LogP contribution in [0.15, 0.2) is 84.9 Å². The first-order chi connectivity index (χ1) is 23.0. The van der Waals surface area contributed by atoms with Crippen molar-refractivity contribution in [1.29, 1.82) is 0 Å². The van der Waals surface area contributed by atoms with Gasteiger partial charge >= 0.3 is 23.9 Å². The number of carbonyl (C=O) groups excluding carboxylic acids is 1. The van der Waals surface area contributed by atoms with Gasteiger partial charge in [-0.25, -0.2) is 19.2 Å². The van der Waals surface area contributed by atoms with Gasteiger partial charge in [-0.1, -0.05) is 78.9 Å². The average molecular weight is 657 g/mol. The first-order valence-corrected chi connectivity index (χ1v) is 15.2. The summed E-state index contributed by atoms with van der Waals surface area (Å²) in [5.41, 5.74) is 6.94. The maximum atomic E-state index is 13.2. The Bertz CT molecular complexity index is 1670. The van der Waals surface area contributed by atoms with E-state index < -0.39 is 23.9 Å². The lowest BCUT2D eigenvalue weighted by atomic mass is 9.96. The molecule has 5 N–H and O–H groups in total. The molecule has 4 aromatic rings. The minimum absolute atomic E-state index is 0.0663. The molecule has 0 unspecified atom stereocenters. The van der Waals surface area contributed by atoms with E-state index in [0.29, 0.717) is 6.54 Å². The van der Waals surface area contributed by atoms with E-state index in [9.17, 15) is 4.79 Å². The van der Waals surface area contributed by atoms with Crippen molar-refractivity contribution in [3.05, 3.63) is 107 Å². The van der Waals surface area contributed by atoms with Crippen LogP contribution in [0.2, 0.25) is 0 Å². The highest BCUT2D eigenvalue weighted by Gasteiger charge is 2.28. The Hall–Kier alpha value is -5.66. The van der Waals surface area contributed by atoms with Crippen LogP contribution in [0.4, 0.5) is 5.69 Å². The number of para-hydroxylation sites is 1. The number of nitrogens with zero attached hydrogens (tertiary/aromatic N) is 3. The summed E-state index contributed by atoms with van der Waals surface area (Å²) < 4.78 is 0. The Morgan fingerprint density at radius 2 is 1.17 bits per heavy atom. The molecule has 48 heavy (non-hydrogen) atoms. The van der Waals surface area contributed by atoms with E-state index in [4.69, 9.17) is 44.6 Å². The summed E-state index contributed by atoms with van der Waals surface area (Å²) in [6.45, 7) is 4.02. The van der Waals surface area contributed by atoms with Crippen LogP contribution in [0, 0.1) is 0 Å². The van der Waals surface area contributed by atoms with Crippen molar-refractivity contribution in [1.82, 2.24) is 14.8 Å². The van der Waals surface area contributed by atoms with E-state index >= 15 is 0 Å². The van der Waals surface area contributed by atoms with Gasteiger partial charge in [-0.05, 0) is 42.0 Å². The molecule has 1 aliphatic carbocycles. The number of carbonyl (C=O) groups is 5. The van der Waals surface area contributed by atoms with E-state index in [0.717, 1.165) is 67.7 Å². The molecule has 0 saturated carbocycles. The monoisotopic (exact) mass is 656 g/mol. The molecular formula is C35H36N4O9. The number of carboxylic acid groups (broad SMARTS) is 4. The fraction of sp³-hybridized carbons (Fsp3) is 0.257. The van der Waals surface area contributed by atoms with Crippen molar-refractivity contribution in [2.45, 2.75) is 25.3 Å². The minimum Gasteiger partial charge on any atom is -0.473 e. The fourth-order valence-electron chi connectivity index (χ4n) is 5.80. The SMILES string of the molecule is O=C(CN1CCN(C(c2ccccc2)c2ccccc2)CC1)Nc1c2c(nc3ccccc13)CCC2.O=C(O)C(=O)O.O=C(O)C(=O)O. The Kier molecular flexibility index (Phi) is 12.3. The normalized spacial score (nSPS) is 14.1. The lowest BCUT2D eigenvalue weighted by Gasteiger charge is -2.39. The van der Waals surface area contributed by atoms with E-state index in [-0.39, 0.29) is 11.9 Å². The minimum atomic E-state index is -1.82. The van der Waals surface area contributed by atoms with Crippen LogP contribution in [-0.2, 0) is 36.8 Å². The summed E-state index contributed by atoms with van der Waals surface area (Å²) in [5, 5.41) is 33.9. The number of aromatic nitrogens is 1. The van der Waals surface area contributed by atoms with Gasteiger partial charge in [0.1, 0.15) is 0 Å². The van der Waals surface area contributed by atoms with Gasteiger partial charge in [0.05, 0.1) is 23.8 Å². The second-order valence-corrected chi connectivity index (χ2v) is 11.1. The number of carboxylic acids is 4. The molecule has 2 aliphatic rings. The van der Waals surface area contributed by atoms with Crippen molar-refractivity contribution in [2.75, 3.05) is 38.0 Å². The molecule has 3 aromatic carbocycles. The van der Waals surface area contributed by atoms with Gasteiger partial charge < -0.3 is 25.7 Å². The number of nitrogens with one attached hydrogen (secondary N) is 1. The molecule has 0 atom stereocenters. The Labute approximate surface area is 276 Å². The van der Waals surface area contributed by atoms with Crippen LogP contribution in [0.3, 0.4) is 0 Å². The Morgan fingerprint density at radius 1 is 0.667 bits per heavy atom. The first kappa shape index (κ1) is 35.2. The lowest BCUT2D eigenvalue weighted by Crippen LogP contribution is -2.49. The molecule has 1 aliphatic heterocycles. The molecule has 13 heteroatoms. The number of anilines is 1. The number of benzene rings is 3. The van der Waals surface area contributed by atoms with Crippen LogP contribution >= 0.6 is 0 Å².